The van der Waals surface area contributed by atoms with Crippen molar-refractivity contribution in [2.75, 3.05) is 27.2 Å². The molecule has 1 fully saturated rings. The standard InChI is InChI=1S/C17H31F3N4O/c1-12(14-8-6-5-7-9-14)13(2)23-16(21-3)22-10-15(25)24(4)11-17(18,19)20/h12-14H,5-11H2,1-4H3,(H2,21,22,23). The van der Waals surface area contributed by atoms with Crippen molar-refractivity contribution < 1.29 is 18.0 Å². The van der Waals surface area contributed by atoms with E-state index in [1.807, 2.05) is 0 Å². The molecule has 0 aliphatic heterocycles. The molecule has 1 rings (SSSR count). The lowest BCUT2D eigenvalue weighted by molar-refractivity contribution is -0.157. The minimum Gasteiger partial charge on any atom is -0.354 e. The van der Waals surface area contributed by atoms with Gasteiger partial charge < -0.3 is 15.5 Å². The zero-order valence-corrected chi connectivity index (χ0v) is 15.6. The molecule has 2 unspecified atom stereocenters. The average molecular weight is 364 g/mol. The van der Waals surface area contributed by atoms with Gasteiger partial charge in [0.25, 0.3) is 0 Å². The van der Waals surface area contributed by atoms with E-state index in [1.165, 1.54) is 32.1 Å². The highest BCUT2D eigenvalue weighted by molar-refractivity contribution is 5.86. The number of hydrogen-bond acceptors (Lipinski definition) is 2. The predicted octanol–water partition coefficient (Wildman–Crippen LogP) is 2.78. The fourth-order valence-corrected chi connectivity index (χ4v) is 3.26. The second-order valence-corrected chi connectivity index (χ2v) is 6.98. The topological polar surface area (TPSA) is 56.7 Å². The molecule has 1 aliphatic rings. The molecular weight excluding hydrogens is 333 g/mol. The van der Waals surface area contributed by atoms with E-state index in [4.69, 9.17) is 0 Å². The summed E-state index contributed by atoms with van der Waals surface area (Å²) in [6, 6.07) is 0.164. The Morgan fingerprint density at radius 3 is 2.36 bits per heavy atom. The highest BCUT2D eigenvalue weighted by Gasteiger charge is 2.31. The molecule has 25 heavy (non-hydrogen) atoms. The van der Waals surface area contributed by atoms with Crippen LogP contribution >= 0.6 is 0 Å². The van der Waals surface area contributed by atoms with Crippen molar-refractivity contribution in [1.29, 1.82) is 0 Å². The Morgan fingerprint density at radius 2 is 1.84 bits per heavy atom. The van der Waals surface area contributed by atoms with Gasteiger partial charge in [0.15, 0.2) is 5.96 Å². The summed E-state index contributed by atoms with van der Waals surface area (Å²) in [5, 5.41) is 6.06. The van der Waals surface area contributed by atoms with E-state index >= 15 is 0 Å². The molecule has 2 N–H and O–H groups in total. The van der Waals surface area contributed by atoms with Crippen molar-refractivity contribution in [3.8, 4) is 0 Å². The third kappa shape index (κ3) is 7.96. The van der Waals surface area contributed by atoms with Gasteiger partial charge in [-0.15, -0.1) is 0 Å². The van der Waals surface area contributed by atoms with Gasteiger partial charge >= 0.3 is 6.18 Å². The molecule has 0 radical (unpaired) electrons. The van der Waals surface area contributed by atoms with Gasteiger partial charge in [0.2, 0.25) is 5.91 Å². The van der Waals surface area contributed by atoms with E-state index in [2.05, 4.69) is 29.5 Å². The quantitative estimate of drug-likeness (QED) is 0.563. The number of carbonyl (C=O) groups is 1. The number of aliphatic imine (C=N–C) groups is 1. The van der Waals surface area contributed by atoms with Crippen molar-refractivity contribution in [2.24, 2.45) is 16.8 Å². The average Bonchev–Trinajstić information content (AvgIpc) is 2.56. The SMILES string of the molecule is CN=C(NCC(=O)N(C)CC(F)(F)F)NC(C)C(C)C1CCCCC1. The summed E-state index contributed by atoms with van der Waals surface area (Å²) in [5.41, 5.74) is 0. The van der Waals surface area contributed by atoms with Crippen molar-refractivity contribution in [3.63, 3.8) is 0 Å². The fourth-order valence-electron chi connectivity index (χ4n) is 3.26. The van der Waals surface area contributed by atoms with Crippen LogP contribution in [0.4, 0.5) is 13.2 Å². The maximum absolute atomic E-state index is 12.3. The van der Waals surface area contributed by atoms with Crippen LogP contribution < -0.4 is 10.6 Å². The maximum atomic E-state index is 12.3. The lowest BCUT2D eigenvalue weighted by Gasteiger charge is -2.33. The van der Waals surface area contributed by atoms with Crippen LogP contribution in [0.2, 0.25) is 0 Å². The largest absolute Gasteiger partial charge is 0.406 e. The van der Waals surface area contributed by atoms with Gasteiger partial charge in [-0.05, 0) is 18.8 Å². The molecule has 5 nitrogen and oxygen atoms in total. The third-order valence-corrected chi connectivity index (χ3v) is 5.02. The lowest BCUT2D eigenvalue weighted by atomic mass is 9.78. The van der Waals surface area contributed by atoms with Gasteiger partial charge in [0.05, 0.1) is 6.54 Å². The first-order valence-corrected chi connectivity index (χ1v) is 8.92. The summed E-state index contributed by atoms with van der Waals surface area (Å²) >= 11 is 0. The number of halogens is 3. The number of nitrogens with one attached hydrogen (secondary N) is 2. The van der Waals surface area contributed by atoms with Gasteiger partial charge in [-0.25, -0.2) is 0 Å². The van der Waals surface area contributed by atoms with Crippen molar-refractivity contribution in [1.82, 2.24) is 15.5 Å². The second-order valence-electron chi connectivity index (χ2n) is 6.98. The van der Waals surface area contributed by atoms with Crippen molar-refractivity contribution in [3.05, 3.63) is 0 Å². The maximum Gasteiger partial charge on any atom is 0.406 e. The van der Waals surface area contributed by atoms with E-state index in [0.717, 1.165) is 7.05 Å². The van der Waals surface area contributed by atoms with Gasteiger partial charge in [-0.3, -0.25) is 9.79 Å². The Labute approximate surface area is 148 Å². The molecule has 0 aromatic carbocycles. The summed E-state index contributed by atoms with van der Waals surface area (Å²) < 4.78 is 37.0. The minimum absolute atomic E-state index is 0.164. The third-order valence-electron chi connectivity index (χ3n) is 5.02. The van der Waals surface area contributed by atoms with Gasteiger partial charge in [0.1, 0.15) is 6.54 Å². The minimum atomic E-state index is -4.39. The van der Waals surface area contributed by atoms with Crippen LogP contribution in [0.3, 0.4) is 0 Å². The molecule has 146 valence electrons. The Bertz CT molecular complexity index is 448. The monoisotopic (exact) mass is 364 g/mol. The summed E-state index contributed by atoms with van der Waals surface area (Å²) in [5.74, 6) is 0.938. The van der Waals surface area contributed by atoms with Crippen LogP contribution in [0, 0.1) is 11.8 Å². The van der Waals surface area contributed by atoms with Crippen LogP contribution in [0.25, 0.3) is 0 Å². The number of nitrogens with zero attached hydrogens (tertiary/aromatic N) is 2. The lowest BCUT2D eigenvalue weighted by Crippen LogP contribution is -2.49. The van der Waals surface area contributed by atoms with Crippen LogP contribution in [0.5, 0.6) is 0 Å². The number of guanidine groups is 1. The van der Waals surface area contributed by atoms with Crippen LogP contribution in [0.15, 0.2) is 4.99 Å². The smallest absolute Gasteiger partial charge is 0.354 e. The number of amides is 1. The molecule has 0 aromatic rings. The highest BCUT2D eigenvalue weighted by Crippen LogP contribution is 2.31. The summed E-state index contributed by atoms with van der Waals surface area (Å²) in [7, 11) is 2.72. The van der Waals surface area contributed by atoms with E-state index < -0.39 is 18.6 Å². The van der Waals surface area contributed by atoms with E-state index in [0.29, 0.717) is 22.7 Å². The molecule has 0 bridgehead atoms. The Hall–Kier alpha value is -1.47. The van der Waals surface area contributed by atoms with Crippen LogP contribution in [-0.2, 0) is 4.79 Å². The van der Waals surface area contributed by atoms with E-state index in [1.54, 1.807) is 7.05 Å². The molecule has 8 heteroatoms. The molecular formula is C17H31F3N4O. The number of likely N-dealkylation sites (N-methyl/N-ethyl adjacent to an activating group) is 1. The first-order chi connectivity index (χ1) is 11.6. The van der Waals surface area contributed by atoms with Crippen LogP contribution in [-0.4, -0.2) is 56.2 Å². The molecule has 0 aromatic heterocycles. The Kier molecular flexibility index (Phi) is 8.52. The highest BCUT2D eigenvalue weighted by atomic mass is 19.4. The predicted molar refractivity (Wildman–Crippen MR) is 93.4 cm³/mol. The molecule has 1 aliphatic carbocycles. The molecule has 0 heterocycles. The normalized spacial score (nSPS) is 19.2. The van der Waals surface area contributed by atoms with E-state index in [9.17, 15) is 18.0 Å². The summed E-state index contributed by atoms with van der Waals surface area (Å²) in [6.45, 7) is 2.80. The zero-order valence-electron chi connectivity index (χ0n) is 15.6. The fraction of sp³-hybridized carbons (Fsp3) is 0.882. The second kappa shape index (κ2) is 9.87. The summed E-state index contributed by atoms with van der Waals surface area (Å²) in [4.78, 5) is 16.5. The van der Waals surface area contributed by atoms with E-state index in [-0.39, 0.29) is 12.6 Å². The Balaban J connectivity index is 2.44. The first kappa shape index (κ1) is 21.6. The molecule has 2 atom stereocenters. The number of carbonyl (C=O) groups excluding carboxylic acids is 1. The molecule has 0 saturated heterocycles. The molecule has 1 saturated carbocycles. The Morgan fingerprint density at radius 1 is 1.24 bits per heavy atom. The van der Waals surface area contributed by atoms with Crippen molar-refractivity contribution in [2.45, 2.75) is 58.2 Å². The number of alkyl halides is 3. The van der Waals surface area contributed by atoms with Gasteiger partial charge in [0, 0.05) is 20.1 Å². The first-order valence-electron chi connectivity index (χ1n) is 8.92. The summed E-state index contributed by atoms with van der Waals surface area (Å²) in [6.07, 6.45) is 1.93. The molecule has 1 amide bonds. The molecule has 0 spiro atoms. The van der Waals surface area contributed by atoms with Gasteiger partial charge in [-0.2, -0.15) is 13.2 Å². The zero-order chi connectivity index (χ0) is 19.0. The number of rotatable bonds is 6. The number of hydrogen-bond donors (Lipinski definition) is 2. The van der Waals surface area contributed by atoms with Crippen molar-refractivity contribution >= 4 is 11.9 Å². The van der Waals surface area contributed by atoms with Crippen LogP contribution in [0.1, 0.15) is 46.0 Å². The van der Waals surface area contributed by atoms with Gasteiger partial charge in [-0.1, -0.05) is 39.0 Å².